The fourth-order valence-corrected chi connectivity index (χ4v) is 2.67. The summed E-state index contributed by atoms with van der Waals surface area (Å²) in [6, 6.07) is 12.1. The zero-order chi connectivity index (χ0) is 13.8. The van der Waals surface area contributed by atoms with Gasteiger partial charge in [0.2, 0.25) is 5.89 Å². The number of aromatic nitrogens is 2. The number of thiophene rings is 1. The van der Waals surface area contributed by atoms with Crippen molar-refractivity contribution in [2.75, 3.05) is 5.32 Å². The molecular formula is C14H12ClN3OS. The summed E-state index contributed by atoms with van der Waals surface area (Å²) in [5.41, 5.74) is 0.993. The van der Waals surface area contributed by atoms with E-state index in [0.717, 1.165) is 10.6 Å². The molecule has 0 unspecified atom stereocenters. The number of hydrogen-bond donors (Lipinski definition) is 1. The molecule has 0 amide bonds. The number of halogens is 1. The van der Waals surface area contributed by atoms with E-state index in [1.165, 1.54) is 4.88 Å². The molecule has 0 fully saturated rings. The first-order valence-corrected chi connectivity index (χ1v) is 7.39. The summed E-state index contributed by atoms with van der Waals surface area (Å²) >= 11 is 7.76. The van der Waals surface area contributed by atoms with Crippen LogP contribution in [-0.4, -0.2) is 10.2 Å². The van der Waals surface area contributed by atoms with Gasteiger partial charge < -0.3 is 9.73 Å². The Hall–Kier alpha value is -1.85. The van der Waals surface area contributed by atoms with Crippen molar-refractivity contribution in [3.05, 3.63) is 63.1 Å². The predicted molar refractivity (Wildman–Crippen MR) is 80.2 cm³/mol. The maximum atomic E-state index is 6.09. The summed E-state index contributed by atoms with van der Waals surface area (Å²) in [4.78, 5) is 1.20. The number of benzene rings is 1. The van der Waals surface area contributed by atoms with Gasteiger partial charge >= 0.3 is 6.01 Å². The lowest BCUT2D eigenvalue weighted by atomic mass is 10.2. The van der Waals surface area contributed by atoms with E-state index in [1.807, 2.05) is 41.8 Å². The second-order valence-corrected chi connectivity index (χ2v) is 5.64. The second-order valence-electron chi connectivity index (χ2n) is 4.20. The van der Waals surface area contributed by atoms with Crippen molar-refractivity contribution in [3.63, 3.8) is 0 Å². The van der Waals surface area contributed by atoms with Crippen molar-refractivity contribution in [3.8, 4) is 0 Å². The van der Waals surface area contributed by atoms with Gasteiger partial charge in [-0.05, 0) is 23.1 Å². The van der Waals surface area contributed by atoms with Gasteiger partial charge in [0.15, 0.2) is 0 Å². The van der Waals surface area contributed by atoms with Gasteiger partial charge in [0.1, 0.15) is 0 Å². The third-order valence-corrected chi connectivity index (χ3v) is 4.01. The van der Waals surface area contributed by atoms with Gasteiger partial charge in [0.05, 0.1) is 6.42 Å². The normalized spacial score (nSPS) is 10.7. The molecule has 1 N–H and O–H groups in total. The number of nitrogens with zero attached hydrogens (tertiary/aromatic N) is 2. The Labute approximate surface area is 125 Å². The Balaban J connectivity index is 1.61. The predicted octanol–water partition coefficient (Wildman–Crippen LogP) is 3.99. The highest BCUT2D eigenvalue weighted by Crippen LogP contribution is 2.18. The highest BCUT2D eigenvalue weighted by molar-refractivity contribution is 7.09. The van der Waals surface area contributed by atoms with E-state index in [9.17, 15) is 0 Å². The molecule has 0 atom stereocenters. The summed E-state index contributed by atoms with van der Waals surface area (Å²) in [6.07, 6.45) is 0.665. The van der Waals surface area contributed by atoms with Gasteiger partial charge in [-0.2, -0.15) is 0 Å². The minimum Gasteiger partial charge on any atom is -0.408 e. The molecule has 2 heterocycles. The Morgan fingerprint density at radius 1 is 1.15 bits per heavy atom. The molecule has 0 saturated carbocycles. The van der Waals surface area contributed by atoms with Gasteiger partial charge in [-0.15, -0.1) is 16.4 Å². The van der Waals surface area contributed by atoms with E-state index in [4.69, 9.17) is 16.0 Å². The highest BCUT2D eigenvalue weighted by Gasteiger charge is 2.08. The van der Waals surface area contributed by atoms with Gasteiger partial charge in [0, 0.05) is 16.4 Å². The summed E-state index contributed by atoms with van der Waals surface area (Å²) in [5, 5.41) is 13.8. The molecule has 0 saturated heterocycles. The van der Waals surface area contributed by atoms with E-state index < -0.39 is 0 Å². The smallest absolute Gasteiger partial charge is 0.315 e. The molecule has 0 spiro atoms. The van der Waals surface area contributed by atoms with Crippen LogP contribution in [-0.2, 0) is 13.0 Å². The van der Waals surface area contributed by atoms with Crippen molar-refractivity contribution in [2.24, 2.45) is 0 Å². The van der Waals surface area contributed by atoms with E-state index in [1.54, 1.807) is 11.3 Å². The fourth-order valence-electron chi connectivity index (χ4n) is 1.77. The molecule has 2 aromatic heterocycles. The maximum absolute atomic E-state index is 6.09. The summed E-state index contributed by atoms with van der Waals surface area (Å²) in [7, 11) is 0. The molecule has 0 aliphatic rings. The zero-order valence-corrected chi connectivity index (χ0v) is 12.1. The molecule has 4 nitrogen and oxygen atoms in total. The van der Waals surface area contributed by atoms with Crippen LogP contribution < -0.4 is 5.32 Å². The van der Waals surface area contributed by atoms with Crippen LogP contribution >= 0.6 is 22.9 Å². The Bertz CT molecular complexity index is 681. The van der Waals surface area contributed by atoms with Gasteiger partial charge in [-0.1, -0.05) is 41.0 Å². The van der Waals surface area contributed by atoms with Crippen LogP contribution in [0.25, 0.3) is 0 Å². The maximum Gasteiger partial charge on any atom is 0.315 e. The number of hydrogen-bond acceptors (Lipinski definition) is 5. The Morgan fingerprint density at radius 2 is 2.05 bits per heavy atom. The minimum atomic E-state index is 0.413. The van der Waals surface area contributed by atoms with Gasteiger partial charge in [0.25, 0.3) is 0 Å². The van der Waals surface area contributed by atoms with Crippen molar-refractivity contribution in [2.45, 2.75) is 13.0 Å². The van der Waals surface area contributed by atoms with Gasteiger partial charge in [-0.25, -0.2) is 0 Å². The molecule has 6 heteroatoms. The van der Waals surface area contributed by atoms with Crippen molar-refractivity contribution >= 4 is 29.0 Å². The van der Waals surface area contributed by atoms with Crippen LogP contribution in [0.4, 0.5) is 6.01 Å². The monoisotopic (exact) mass is 305 g/mol. The van der Waals surface area contributed by atoms with Crippen LogP contribution in [0.5, 0.6) is 0 Å². The molecule has 0 radical (unpaired) electrons. The highest BCUT2D eigenvalue weighted by atomic mass is 35.5. The number of rotatable bonds is 5. The van der Waals surface area contributed by atoms with E-state index in [0.29, 0.717) is 24.9 Å². The standard InChI is InChI=1S/C14H12ClN3OS/c15-12-6-2-1-4-10(12)9-16-14-18-17-13(19-14)8-11-5-3-7-20-11/h1-7H,8-9H2,(H,16,18). The minimum absolute atomic E-state index is 0.413. The molecule has 0 bridgehead atoms. The van der Waals surface area contributed by atoms with Crippen LogP contribution in [0.1, 0.15) is 16.3 Å². The first-order valence-electron chi connectivity index (χ1n) is 6.13. The molecule has 1 aromatic carbocycles. The second kappa shape index (κ2) is 6.07. The summed E-state index contributed by atoms with van der Waals surface area (Å²) < 4.78 is 5.55. The lowest BCUT2D eigenvalue weighted by Crippen LogP contribution is -2.00. The molecule has 102 valence electrons. The van der Waals surface area contributed by atoms with Gasteiger partial charge in [-0.3, -0.25) is 0 Å². The Morgan fingerprint density at radius 3 is 2.85 bits per heavy atom. The largest absolute Gasteiger partial charge is 0.408 e. The SMILES string of the molecule is Clc1ccccc1CNc1nnc(Cc2cccs2)o1. The summed E-state index contributed by atoms with van der Waals surface area (Å²) in [6.45, 7) is 0.556. The number of anilines is 1. The van der Waals surface area contributed by atoms with E-state index >= 15 is 0 Å². The summed E-state index contributed by atoms with van der Waals surface area (Å²) in [5.74, 6) is 0.606. The molecule has 3 rings (SSSR count). The molecular weight excluding hydrogens is 294 g/mol. The topological polar surface area (TPSA) is 51.0 Å². The molecule has 3 aromatic rings. The lowest BCUT2D eigenvalue weighted by molar-refractivity contribution is 0.517. The lowest BCUT2D eigenvalue weighted by Gasteiger charge is -2.03. The van der Waals surface area contributed by atoms with Crippen LogP contribution in [0, 0.1) is 0 Å². The van der Waals surface area contributed by atoms with E-state index in [2.05, 4.69) is 15.5 Å². The van der Waals surface area contributed by atoms with Crippen molar-refractivity contribution < 1.29 is 4.42 Å². The first kappa shape index (κ1) is 13.1. The zero-order valence-electron chi connectivity index (χ0n) is 10.5. The third-order valence-electron chi connectivity index (χ3n) is 2.76. The Kier molecular flexibility index (Phi) is 3.99. The molecule has 0 aliphatic heterocycles. The molecule has 0 aliphatic carbocycles. The van der Waals surface area contributed by atoms with Crippen molar-refractivity contribution in [1.82, 2.24) is 10.2 Å². The number of nitrogens with one attached hydrogen (secondary N) is 1. The fraction of sp³-hybridized carbons (Fsp3) is 0.143. The van der Waals surface area contributed by atoms with Crippen LogP contribution in [0.15, 0.2) is 46.2 Å². The third kappa shape index (κ3) is 3.18. The van der Waals surface area contributed by atoms with Crippen molar-refractivity contribution in [1.29, 1.82) is 0 Å². The van der Waals surface area contributed by atoms with E-state index in [-0.39, 0.29) is 0 Å². The average Bonchev–Trinajstić information content (AvgIpc) is 3.10. The quantitative estimate of drug-likeness (QED) is 0.774. The first-order chi connectivity index (χ1) is 9.81. The molecule has 20 heavy (non-hydrogen) atoms. The average molecular weight is 306 g/mol. The van der Waals surface area contributed by atoms with Crippen LogP contribution in [0.3, 0.4) is 0 Å². The van der Waals surface area contributed by atoms with Crippen LogP contribution in [0.2, 0.25) is 5.02 Å².